The first-order chi connectivity index (χ1) is 10.6. The molecular weight excluding hydrogens is 278 g/mol. The van der Waals surface area contributed by atoms with Crippen molar-refractivity contribution in [3.8, 4) is 11.3 Å². The van der Waals surface area contributed by atoms with Crippen LogP contribution in [-0.2, 0) is 6.54 Å². The first-order valence-corrected chi connectivity index (χ1v) is 7.72. The van der Waals surface area contributed by atoms with Crippen molar-refractivity contribution in [2.75, 3.05) is 13.1 Å². The van der Waals surface area contributed by atoms with Crippen LogP contribution in [0.4, 0.5) is 0 Å². The van der Waals surface area contributed by atoms with Crippen molar-refractivity contribution in [1.82, 2.24) is 9.88 Å². The van der Waals surface area contributed by atoms with E-state index in [1.165, 1.54) is 37.9 Å². The number of primary amides is 1. The summed E-state index contributed by atoms with van der Waals surface area (Å²) in [4.78, 5) is 18.0. The Morgan fingerprint density at radius 2 is 1.91 bits per heavy atom. The van der Waals surface area contributed by atoms with Gasteiger partial charge in [0.1, 0.15) is 0 Å². The Hall–Kier alpha value is -2.14. The molecule has 3 rings (SSSR count). The lowest BCUT2D eigenvalue weighted by atomic mass is 10.1. The van der Waals surface area contributed by atoms with E-state index in [9.17, 15) is 4.79 Å². The summed E-state index contributed by atoms with van der Waals surface area (Å²) in [5, 5.41) is 0. The molecule has 1 saturated heterocycles. The molecule has 2 heterocycles. The SMILES string of the molecule is Cc1nc(C(N)=O)c(-c2ccc(CN3CCCCC3)cc2)o1. The molecule has 2 N–H and O–H groups in total. The highest BCUT2D eigenvalue weighted by Crippen LogP contribution is 2.25. The largest absolute Gasteiger partial charge is 0.440 e. The number of rotatable bonds is 4. The number of aromatic nitrogens is 1. The topological polar surface area (TPSA) is 72.4 Å². The van der Waals surface area contributed by atoms with Crippen LogP contribution in [0.1, 0.15) is 41.2 Å². The zero-order valence-electron chi connectivity index (χ0n) is 12.8. The average molecular weight is 299 g/mol. The maximum Gasteiger partial charge on any atom is 0.271 e. The number of nitrogens with zero attached hydrogens (tertiary/aromatic N) is 2. The van der Waals surface area contributed by atoms with Gasteiger partial charge in [-0.1, -0.05) is 30.7 Å². The summed E-state index contributed by atoms with van der Waals surface area (Å²) in [6.45, 7) is 5.03. The maximum absolute atomic E-state index is 11.4. The van der Waals surface area contributed by atoms with Gasteiger partial charge >= 0.3 is 0 Å². The maximum atomic E-state index is 11.4. The van der Waals surface area contributed by atoms with Gasteiger partial charge in [0.15, 0.2) is 17.3 Å². The number of amides is 1. The fourth-order valence-electron chi connectivity index (χ4n) is 2.93. The predicted molar refractivity (Wildman–Crippen MR) is 84.3 cm³/mol. The number of hydrogen-bond donors (Lipinski definition) is 1. The van der Waals surface area contributed by atoms with E-state index in [2.05, 4.69) is 22.0 Å². The minimum Gasteiger partial charge on any atom is -0.440 e. The van der Waals surface area contributed by atoms with Gasteiger partial charge in [-0.2, -0.15) is 0 Å². The molecule has 116 valence electrons. The molecule has 22 heavy (non-hydrogen) atoms. The molecule has 2 aromatic rings. The van der Waals surface area contributed by atoms with Gasteiger partial charge in [0.25, 0.3) is 5.91 Å². The molecule has 0 spiro atoms. The molecular formula is C17H21N3O2. The fourth-order valence-corrected chi connectivity index (χ4v) is 2.93. The van der Waals surface area contributed by atoms with Crippen LogP contribution in [0.25, 0.3) is 11.3 Å². The molecule has 0 bridgehead atoms. The van der Waals surface area contributed by atoms with Crippen LogP contribution in [0.5, 0.6) is 0 Å². The summed E-state index contributed by atoms with van der Waals surface area (Å²) in [5.41, 5.74) is 7.64. The van der Waals surface area contributed by atoms with Crippen LogP contribution in [0.15, 0.2) is 28.7 Å². The van der Waals surface area contributed by atoms with Crippen molar-refractivity contribution >= 4 is 5.91 Å². The lowest BCUT2D eigenvalue weighted by Crippen LogP contribution is -2.29. The van der Waals surface area contributed by atoms with Crippen molar-refractivity contribution in [2.45, 2.75) is 32.7 Å². The van der Waals surface area contributed by atoms with Crippen LogP contribution >= 0.6 is 0 Å². The first-order valence-electron chi connectivity index (χ1n) is 7.72. The van der Waals surface area contributed by atoms with Crippen LogP contribution in [-0.4, -0.2) is 28.9 Å². The predicted octanol–water partition coefficient (Wildman–Crippen LogP) is 2.73. The summed E-state index contributed by atoms with van der Waals surface area (Å²) in [5.74, 6) is 0.333. The third-order valence-electron chi connectivity index (χ3n) is 4.04. The van der Waals surface area contributed by atoms with Gasteiger partial charge in [-0.25, -0.2) is 4.98 Å². The molecule has 5 nitrogen and oxygen atoms in total. The number of carbonyl (C=O) groups excluding carboxylic acids is 1. The zero-order valence-corrected chi connectivity index (χ0v) is 12.8. The number of hydrogen-bond acceptors (Lipinski definition) is 4. The van der Waals surface area contributed by atoms with Gasteiger partial charge in [-0.3, -0.25) is 9.69 Å². The molecule has 1 aromatic heterocycles. The second kappa shape index (κ2) is 6.32. The Morgan fingerprint density at radius 1 is 1.23 bits per heavy atom. The van der Waals surface area contributed by atoms with Crippen molar-refractivity contribution in [2.24, 2.45) is 5.73 Å². The van der Waals surface area contributed by atoms with E-state index in [0.717, 1.165) is 12.1 Å². The number of nitrogens with two attached hydrogens (primary N) is 1. The van der Waals surface area contributed by atoms with Gasteiger partial charge in [0.2, 0.25) is 0 Å². The summed E-state index contributed by atoms with van der Waals surface area (Å²) in [7, 11) is 0. The van der Waals surface area contributed by atoms with E-state index in [1.54, 1.807) is 6.92 Å². The van der Waals surface area contributed by atoms with Crippen LogP contribution in [0.3, 0.4) is 0 Å². The van der Waals surface area contributed by atoms with E-state index >= 15 is 0 Å². The van der Waals surface area contributed by atoms with E-state index in [-0.39, 0.29) is 5.69 Å². The number of aryl methyl sites for hydroxylation is 1. The second-order valence-corrected chi connectivity index (χ2v) is 5.81. The summed E-state index contributed by atoms with van der Waals surface area (Å²) in [6, 6.07) is 8.08. The van der Waals surface area contributed by atoms with Crippen molar-refractivity contribution in [1.29, 1.82) is 0 Å². The smallest absolute Gasteiger partial charge is 0.271 e. The fraction of sp³-hybridized carbons (Fsp3) is 0.412. The molecule has 1 amide bonds. The minimum atomic E-state index is -0.566. The molecule has 1 fully saturated rings. The second-order valence-electron chi connectivity index (χ2n) is 5.81. The summed E-state index contributed by atoms with van der Waals surface area (Å²) in [6.07, 6.45) is 3.92. The summed E-state index contributed by atoms with van der Waals surface area (Å²) < 4.78 is 5.53. The highest BCUT2D eigenvalue weighted by molar-refractivity contribution is 5.96. The molecule has 0 saturated carbocycles. The number of oxazole rings is 1. The Kier molecular flexibility index (Phi) is 4.24. The van der Waals surface area contributed by atoms with Gasteiger partial charge in [0, 0.05) is 19.0 Å². The molecule has 1 aliphatic heterocycles. The molecule has 0 radical (unpaired) electrons. The van der Waals surface area contributed by atoms with E-state index in [0.29, 0.717) is 11.7 Å². The normalized spacial score (nSPS) is 15.9. The monoisotopic (exact) mass is 299 g/mol. The molecule has 1 aromatic carbocycles. The van der Waals surface area contributed by atoms with Gasteiger partial charge < -0.3 is 10.2 Å². The number of benzene rings is 1. The Morgan fingerprint density at radius 3 is 2.55 bits per heavy atom. The number of likely N-dealkylation sites (tertiary alicyclic amines) is 1. The lowest BCUT2D eigenvalue weighted by molar-refractivity contribution is 0.0996. The van der Waals surface area contributed by atoms with Crippen molar-refractivity contribution in [3.63, 3.8) is 0 Å². The number of piperidine rings is 1. The lowest BCUT2D eigenvalue weighted by Gasteiger charge is -2.26. The Labute approximate surface area is 130 Å². The highest BCUT2D eigenvalue weighted by Gasteiger charge is 2.18. The van der Waals surface area contributed by atoms with Gasteiger partial charge in [0.05, 0.1) is 0 Å². The van der Waals surface area contributed by atoms with E-state index in [4.69, 9.17) is 10.2 Å². The van der Waals surface area contributed by atoms with Crippen LogP contribution in [0, 0.1) is 6.92 Å². The van der Waals surface area contributed by atoms with Gasteiger partial charge in [-0.15, -0.1) is 0 Å². The zero-order chi connectivity index (χ0) is 15.5. The van der Waals surface area contributed by atoms with Crippen molar-refractivity contribution < 1.29 is 9.21 Å². The van der Waals surface area contributed by atoms with Crippen LogP contribution in [0.2, 0.25) is 0 Å². The Bertz CT molecular complexity index is 655. The summed E-state index contributed by atoms with van der Waals surface area (Å²) >= 11 is 0. The van der Waals surface area contributed by atoms with E-state index in [1.807, 2.05) is 12.1 Å². The molecule has 1 aliphatic rings. The standard InChI is InChI=1S/C17H21N3O2/c1-12-19-15(17(18)21)16(22-12)14-7-5-13(6-8-14)11-20-9-3-2-4-10-20/h5-8H,2-4,9-11H2,1H3,(H2,18,21). The third kappa shape index (κ3) is 3.20. The Balaban J connectivity index is 1.78. The first kappa shape index (κ1) is 14.8. The molecule has 0 atom stereocenters. The van der Waals surface area contributed by atoms with E-state index < -0.39 is 5.91 Å². The molecule has 0 unspecified atom stereocenters. The quantitative estimate of drug-likeness (QED) is 0.942. The molecule has 0 aliphatic carbocycles. The number of carbonyl (C=O) groups is 1. The highest BCUT2D eigenvalue weighted by atomic mass is 16.4. The third-order valence-corrected chi connectivity index (χ3v) is 4.04. The molecule has 5 heteroatoms. The minimum absolute atomic E-state index is 0.196. The van der Waals surface area contributed by atoms with Crippen molar-refractivity contribution in [3.05, 3.63) is 41.4 Å². The average Bonchev–Trinajstić information content (AvgIpc) is 2.91. The van der Waals surface area contributed by atoms with Crippen LogP contribution < -0.4 is 5.73 Å². The van der Waals surface area contributed by atoms with Gasteiger partial charge in [-0.05, 0) is 31.5 Å².